The molecule has 0 saturated heterocycles. The first-order valence-corrected chi connectivity index (χ1v) is 8.67. The standard InChI is InChI=1S/C23H21NO2/c1-17-7-5-6-10-21(17)24-23(26)16-15-22(25)20-13-11-19(12-14-20)18-8-3-2-4-9-18/h2-14H,15-16H2,1H3,(H,24,26). The minimum Gasteiger partial charge on any atom is -0.326 e. The number of hydrogen-bond acceptors (Lipinski definition) is 2. The second-order valence-corrected chi connectivity index (χ2v) is 6.23. The lowest BCUT2D eigenvalue weighted by Crippen LogP contribution is -2.14. The van der Waals surface area contributed by atoms with Crippen molar-refractivity contribution in [1.29, 1.82) is 0 Å². The first-order valence-electron chi connectivity index (χ1n) is 8.67. The van der Waals surface area contributed by atoms with Crippen molar-refractivity contribution in [2.24, 2.45) is 0 Å². The molecule has 130 valence electrons. The third-order valence-electron chi connectivity index (χ3n) is 4.31. The number of anilines is 1. The highest BCUT2D eigenvalue weighted by Gasteiger charge is 2.10. The summed E-state index contributed by atoms with van der Waals surface area (Å²) >= 11 is 0. The van der Waals surface area contributed by atoms with Gasteiger partial charge < -0.3 is 5.32 Å². The normalized spacial score (nSPS) is 10.3. The molecule has 0 unspecified atom stereocenters. The van der Waals surface area contributed by atoms with Crippen molar-refractivity contribution in [3.63, 3.8) is 0 Å². The monoisotopic (exact) mass is 343 g/mol. The number of amides is 1. The number of aryl methyl sites for hydroxylation is 1. The zero-order chi connectivity index (χ0) is 18.4. The fourth-order valence-corrected chi connectivity index (χ4v) is 2.78. The lowest BCUT2D eigenvalue weighted by atomic mass is 10.0. The molecular formula is C23H21NO2. The molecule has 0 fully saturated rings. The number of carbonyl (C=O) groups is 2. The second-order valence-electron chi connectivity index (χ2n) is 6.23. The molecule has 1 N–H and O–H groups in total. The van der Waals surface area contributed by atoms with Crippen molar-refractivity contribution in [3.05, 3.63) is 90.0 Å². The minimum atomic E-state index is -0.145. The van der Waals surface area contributed by atoms with Crippen LogP contribution in [0.5, 0.6) is 0 Å². The summed E-state index contributed by atoms with van der Waals surface area (Å²) in [5, 5.41) is 2.86. The van der Waals surface area contributed by atoms with E-state index in [1.165, 1.54) is 0 Å². The molecule has 0 radical (unpaired) electrons. The Kier molecular flexibility index (Phi) is 5.59. The second kappa shape index (κ2) is 8.26. The number of hydrogen-bond donors (Lipinski definition) is 1. The smallest absolute Gasteiger partial charge is 0.224 e. The number of benzene rings is 3. The molecule has 0 bridgehead atoms. The number of rotatable bonds is 6. The van der Waals surface area contributed by atoms with Gasteiger partial charge in [-0.25, -0.2) is 0 Å². The van der Waals surface area contributed by atoms with Crippen molar-refractivity contribution < 1.29 is 9.59 Å². The summed E-state index contributed by atoms with van der Waals surface area (Å²) in [7, 11) is 0. The molecule has 3 aromatic rings. The summed E-state index contributed by atoms with van der Waals surface area (Å²) in [4.78, 5) is 24.4. The third-order valence-corrected chi connectivity index (χ3v) is 4.31. The first kappa shape index (κ1) is 17.6. The van der Waals surface area contributed by atoms with Crippen LogP contribution < -0.4 is 5.32 Å². The van der Waals surface area contributed by atoms with Crippen LogP contribution in [-0.4, -0.2) is 11.7 Å². The molecule has 26 heavy (non-hydrogen) atoms. The molecule has 0 heterocycles. The SMILES string of the molecule is Cc1ccccc1NC(=O)CCC(=O)c1ccc(-c2ccccc2)cc1. The van der Waals surface area contributed by atoms with Crippen LogP contribution >= 0.6 is 0 Å². The molecule has 3 aromatic carbocycles. The molecule has 0 aliphatic heterocycles. The zero-order valence-corrected chi connectivity index (χ0v) is 14.7. The lowest BCUT2D eigenvalue weighted by Gasteiger charge is -2.08. The molecule has 3 heteroatoms. The van der Waals surface area contributed by atoms with Gasteiger partial charge in [-0.15, -0.1) is 0 Å². The largest absolute Gasteiger partial charge is 0.326 e. The molecule has 3 nitrogen and oxygen atoms in total. The summed E-state index contributed by atoms with van der Waals surface area (Å²) in [6.45, 7) is 1.94. The van der Waals surface area contributed by atoms with Crippen LogP contribution in [0.1, 0.15) is 28.8 Å². The van der Waals surface area contributed by atoms with E-state index in [1.54, 1.807) is 0 Å². The highest BCUT2D eigenvalue weighted by atomic mass is 16.2. The van der Waals surface area contributed by atoms with Crippen LogP contribution in [0.2, 0.25) is 0 Å². The van der Waals surface area contributed by atoms with E-state index in [2.05, 4.69) is 5.32 Å². The molecule has 0 saturated carbocycles. The van der Waals surface area contributed by atoms with Crippen LogP contribution in [0.15, 0.2) is 78.9 Å². The summed E-state index contributed by atoms with van der Waals surface area (Å²) in [6, 6.07) is 25.1. The van der Waals surface area contributed by atoms with Gasteiger partial charge in [0.15, 0.2) is 5.78 Å². The fraction of sp³-hybridized carbons (Fsp3) is 0.130. The van der Waals surface area contributed by atoms with E-state index < -0.39 is 0 Å². The van der Waals surface area contributed by atoms with E-state index >= 15 is 0 Å². The van der Waals surface area contributed by atoms with Crippen LogP contribution in [0.4, 0.5) is 5.69 Å². The van der Waals surface area contributed by atoms with Gasteiger partial charge in [0, 0.05) is 24.1 Å². The predicted molar refractivity (Wildman–Crippen MR) is 105 cm³/mol. The molecule has 0 aliphatic rings. The number of para-hydroxylation sites is 1. The molecular weight excluding hydrogens is 322 g/mol. The van der Waals surface area contributed by atoms with Gasteiger partial charge >= 0.3 is 0 Å². The summed E-state index contributed by atoms with van der Waals surface area (Å²) in [5.74, 6) is -0.168. The van der Waals surface area contributed by atoms with E-state index in [9.17, 15) is 9.59 Å². The van der Waals surface area contributed by atoms with Crippen molar-refractivity contribution in [2.45, 2.75) is 19.8 Å². The van der Waals surface area contributed by atoms with Crippen LogP contribution in [0.3, 0.4) is 0 Å². The number of Topliss-reactive ketones (excluding diaryl/α,β-unsaturated/α-hetero) is 1. The van der Waals surface area contributed by atoms with Crippen molar-refractivity contribution >= 4 is 17.4 Å². The van der Waals surface area contributed by atoms with Gasteiger partial charge in [-0.1, -0.05) is 72.8 Å². The first-order chi connectivity index (χ1) is 12.6. The molecule has 0 aromatic heterocycles. The quantitative estimate of drug-likeness (QED) is 0.620. The van der Waals surface area contributed by atoms with Crippen LogP contribution in [0.25, 0.3) is 11.1 Å². The van der Waals surface area contributed by atoms with Gasteiger partial charge in [-0.3, -0.25) is 9.59 Å². The topological polar surface area (TPSA) is 46.2 Å². The third kappa shape index (κ3) is 4.45. The summed E-state index contributed by atoms with van der Waals surface area (Å²) < 4.78 is 0. The fourth-order valence-electron chi connectivity index (χ4n) is 2.78. The van der Waals surface area contributed by atoms with Crippen LogP contribution in [0, 0.1) is 6.92 Å². The Morgan fingerprint density at radius 2 is 1.35 bits per heavy atom. The number of nitrogens with one attached hydrogen (secondary N) is 1. The zero-order valence-electron chi connectivity index (χ0n) is 14.7. The molecule has 0 spiro atoms. The Morgan fingerprint density at radius 3 is 2.04 bits per heavy atom. The van der Waals surface area contributed by atoms with Gasteiger partial charge in [-0.05, 0) is 29.7 Å². The average molecular weight is 343 g/mol. The highest BCUT2D eigenvalue weighted by molar-refractivity contribution is 6.00. The van der Waals surface area contributed by atoms with Gasteiger partial charge in [0.1, 0.15) is 0 Å². The van der Waals surface area contributed by atoms with Gasteiger partial charge in [0.25, 0.3) is 0 Å². The van der Waals surface area contributed by atoms with Crippen molar-refractivity contribution in [3.8, 4) is 11.1 Å². The molecule has 0 aliphatic carbocycles. The van der Waals surface area contributed by atoms with Crippen molar-refractivity contribution in [1.82, 2.24) is 0 Å². The summed E-state index contributed by atoms with van der Waals surface area (Å²) in [6.07, 6.45) is 0.371. The lowest BCUT2D eigenvalue weighted by molar-refractivity contribution is -0.116. The predicted octanol–water partition coefficient (Wildman–Crippen LogP) is 5.26. The molecule has 1 amide bonds. The van der Waals surface area contributed by atoms with Gasteiger partial charge in [0.05, 0.1) is 0 Å². The highest BCUT2D eigenvalue weighted by Crippen LogP contribution is 2.20. The molecule has 3 rings (SSSR count). The van der Waals surface area contributed by atoms with Crippen molar-refractivity contribution in [2.75, 3.05) is 5.32 Å². The van der Waals surface area contributed by atoms with Crippen LogP contribution in [-0.2, 0) is 4.79 Å². The van der Waals surface area contributed by atoms with E-state index in [0.29, 0.717) is 5.56 Å². The Hall–Kier alpha value is -3.20. The maximum atomic E-state index is 12.3. The Balaban J connectivity index is 1.56. The van der Waals surface area contributed by atoms with Gasteiger partial charge in [-0.2, -0.15) is 0 Å². The van der Waals surface area contributed by atoms with E-state index in [1.807, 2.05) is 85.8 Å². The Bertz CT molecular complexity index is 899. The maximum absolute atomic E-state index is 12.3. The van der Waals surface area contributed by atoms with E-state index in [-0.39, 0.29) is 24.5 Å². The Labute approximate surface area is 153 Å². The molecule has 0 atom stereocenters. The Morgan fingerprint density at radius 1 is 0.731 bits per heavy atom. The number of ketones is 1. The maximum Gasteiger partial charge on any atom is 0.224 e. The summed E-state index contributed by atoms with van der Waals surface area (Å²) in [5.41, 5.74) is 4.61. The van der Waals surface area contributed by atoms with E-state index in [4.69, 9.17) is 0 Å². The van der Waals surface area contributed by atoms with Gasteiger partial charge in [0.2, 0.25) is 5.91 Å². The number of carbonyl (C=O) groups excluding carboxylic acids is 2. The average Bonchev–Trinajstić information content (AvgIpc) is 2.69. The minimum absolute atomic E-state index is 0.0236. The van der Waals surface area contributed by atoms with E-state index in [0.717, 1.165) is 22.4 Å².